The first-order valence-electron chi connectivity index (χ1n) is 5.18. The SMILES string of the molecule is COC(=O)c1csc(Nc2cccc(Cl)c2C)n1. The largest absolute Gasteiger partial charge is 0.464 e. The van der Waals surface area contributed by atoms with E-state index in [1.165, 1.54) is 18.4 Å². The van der Waals surface area contributed by atoms with Gasteiger partial charge in [-0.05, 0) is 24.6 Å². The van der Waals surface area contributed by atoms with Crippen LogP contribution < -0.4 is 5.32 Å². The molecule has 2 rings (SSSR count). The van der Waals surface area contributed by atoms with E-state index in [2.05, 4.69) is 15.0 Å². The molecule has 1 aromatic heterocycles. The number of halogens is 1. The third-order valence-electron chi connectivity index (χ3n) is 2.41. The number of rotatable bonds is 3. The number of esters is 1. The Morgan fingerprint density at radius 1 is 1.50 bits per heavy atom. The number of ether oxygens (including phenoxy) is 1. The Balaban J connectivity index is 2.21. The van der Waals surface area contributed by atoms with Gasteiger partial charge >= 0.3 is 5.97 Å². The predicted molar refractivity (Wildman–Crippen MR) is 72.9 cm³/mol. The third kappa shape index (κ3) is 2.63. The van der Waals surface area contributed by atoms with Gasteiger partial charge in [0.05, 0.1) is 7.11 Å². The molecule has 0 unspecified atom stereocenters. The number of aromatic nitrogens is 1. The topological polar surface area (TPSA) is 51.2 Å². The molecule has 0 spiro atoms. The number of methoxy groups -OCH3 is 1. The van der Waals surface area contributed by atoms with Crippen LogP contribution in [0, 0.1) is 6.92 Å². The first-order valence-corrected chi connectivity index (χ1v) is 6.43. The van der Waals surface area contributed by atoms with Crippen molar-refractivity contribution < 1.29 is 9.53 Å². The second-order valence-corrected chi connectivity index (χ2v) is 4.83. The summed E-state index contributed by atoms with van der Waals surface area (Å²) in [4.78, 5) is 15.4. The van der Waals surface area contributed by atoms with Crippen molar-refractivity contribution in [2.24, 2.45) is 0 Å². The van der Waals surface area contributed by atoms with Gasteiger partial charge in [-0.1, -0.05) is 17.7 Å². The minimum Gasteiger partial charge on any atom is -0.464 e. The molecule has 1 aromatic carbocycles. The normalized spacial score (nSPS) is 10.2. The van der Waals surface area contributed by atoms with Gasteiger partial charge in [0.2, 0.25) is 0 Å². The van der Waals surface area contributed by atoms with Gasteiger partial charge in [0.25, 0.3) is 0 Å². The molecule has 2 aromatic rings. The van der Waals surface area contributed by atoms with Crippen LogP contribution in [-0.4, -0.2) is 18.1 Å². The molecule has 0 aliphatic rings. The van der Waals surface area contributed by atoms with Gasteiger partial charge < -0.3 is 10.1 Å². The fourth-order valence-corrected chi connectivity index (χ4v) is 2.25. The quantitative estimate of drug-likeness (QED) is 0.873. The standard InChI is InChI=1S/C12H11ClN2O2S/c1-7-8(13)4-3-5-9(7)14-12-15-10(6-18-12)11(16)17-2/h3-6H,1-2H3,(H,14,15). The van der Waals surface area contributed by atoms with Gasteiger partial charge in [-0.2, -0.15) is 0 Å². The van der Waals surface area contributed by atoms with Gasteiger partial charge in [-0.15, -0.1) is 11.3 Å². The van der Waals surface area contributed by atoms with E-state index in [0.29, 0.717) is 15.8 Å². The second kappa shape index (κ2) is 5.37. The molecular formula is C12H11ClN2O2S. The van der Waals surface area contributed by atoms with Crippen LogP contribution in [0.2, 0.25) is 5.02 Å². The van der Waals surface area contributed by atoms with E-state index < -0.39 is 5.97 Å². The Labute approximate surface area is 114 Å². The summed E-state index contributed by atoms with van der Waals surface area (Å²) in [5.41, 5.74) is 2.10. The van der Waals surface area contributed by atoms with Crippen LogP contribution in [0.1, 0.15) is 16.1 Å². The van der Waals surface area contributed by atoms with Crippen molar-refractivity contribution in [2.75, 3.05) is 12.4 Å². The predicted octanol–water partition coefficient (Wildman–Crippen LogP) is 3.64. The van der Waals surface area contributed by atoms with Gasteiger partial charge in [-0.25, -0.2) is 9.78 Å². The fraction of sp³-hybridized carbons (Fsp3) is 0.167. The molecule has 94 valence electrons. The average molecular weight is 283 g/mol. The molecule has 0 fully saturated rings. The van der Waals surface area contributed by atoms with Gasteiger partial charge in [0.15, 0.2) is 10.8 Å². The van der Waals surface area contributed by atoms with Crippen molar-refractivity contribution in [2.45, 2.75) is 6.92 Å². The summed E-state index contributed by atoms with van der Waals surface area (Å²) in [6, 6.07) is 5.58. The third-order valence-corrected chi connectivity index (χ3v) is 3.58. The van der Waals surface area contributed by atoms with E-state index in [-0.39, 0.29) is 0 Å². The number of carbonyl (C=O) groups is 1. The Morgan fingerprint density at radius 3 is 3.00 bits per heavy atom. The Bertz CT molecular complexity index is 583. The molecule has 18 heavy (non-hydrogen) atoms. The Kier molecular flexibility index (Phi) is 3.84. The fourth-order valence-electron chi connectivity index (χ4n) is 1.39. The van der Waals surface area contributed by atoms with Crippen LogP contribution in [-0.2, 0) is 4.74 Å². The molecular weight excluding hydrogens is 272 g/mol. The molecule has 1 heterocycles. The maximum absolute atomic E-state index is 11.3. The maximum Gasteiger partial charge on any atom is 0.357 e. The highest BCUT2D eigenvalue weighted by atomic mass is 35.5. The highest BCUT2D eigenvalue weighted by Gasteiger charge is 2.11. The van der Waals surface area contributed by atoms with E-state index in [1.54, 1.807) is 5.38 Å². The summed E-state index contributed by atoms with van der Waals surface area (Å²) >= 11 is 7.36. The number of nitrogens with one attached hydrogen (secondary N) is 1. The van der Waals surface area contributed by atoms with Crippen molar-refractivity contribution in [3.05, 3.63) is 39.9 Å². The van der Waals surface area contributed by atoms with Crippen LogP contribution in [0.3, 0.4) is 0 Å². The molecule has 0 atom stereocenters. The Hall–Kier alpha value is -1.59. The Morgan fingerprint density at radius 2 is 2.28 bits per heavy atom. The highest BCUT2D eigenvalue weighted by molar-refractivity contribution is 7.14. The number of carbonyl (C=O) groups excluding carboxylic acids is 1. The van der Waals surface area contributed by atoms with E-state index in [4.69, 9.17) is 11.6 Å². The van der Waals surface area contributed by atoms with Crippen molar-refractivity contribution in [1.82, 2.24) is 4.98 Å². The average Bonchev–Trinajstić information content (AvgIpc) is 2.82. The van der Waals surface area contributed by atoms with Crippen molar-refractivity contribution in [3.8, 4) is 0 Å². The molecule has 1 N–H and O–H groups in total. The number of hydrogen-bond donors (Lipinski definition) is 1. The van der Waals surface area contributed by atoms with Crippen LogP contribution in [0.25, 0.3) is 0 Å². The number of benzene rings is 1. The first kappa shape index (κ1) is 12.9. The number of anilines is 2. The van der Waals surface area contributed by atoms with Crippen LogP contribution in [0.5, 0.6) is 0 Å². The summed E-state index contributed by atoms with van der Waals surface area (Å²) in [5, 5.41) is 6.09. The highest BCUT2D eigenvalue weighted by Crippen LogP contribution is 2.27. The maximum atomic E-state index is 11.3. The molecule has 0 bridgehead atoms. The molecule has 4 nitrogen and oxygen atoms in total. The molecule has 0 aliphatic heterocycles. The van der Waals surface area contributed by atoms with Gasteiger partial charge in [-0.3, -0.25) is 0 Å². The summed E-state index contributed by atoms with van der Waals surface area (Å²) in [6.45, 7) is 1.92. The van der Waals surface area contributed by atoms with E-state index >= 15 is 0 Å². The van der Waals surface area contributed by atoms with Crippen molar-refractivity contribution in [3.63, 3.8) is 0 Å². The second-order valence-electron chi connectivity index (χ2n) is 3.57. The van der Waals surface area contributed by atoms with E-state index in [0.717, 1.165) is 11.3 Å². The monoisotopic (exact) mass is 282 g/mol. The minimum absolute atomic E-state index is 0.296. The molecule has 6 heteroatoms. The van der Waals surface area contributed by atoms with Crippen LogP contribution in [0.15, 0.2) is 23.6 Å². The zero-order valence-electron chi connectivity index (χ0n) is 9.86. The first-order chi connectivity index (χ1) is 8.61. The summed E-state index contributed by atoms with van der Waals surface area (Å²) in [5.74, 6) is -0.442. The van der Waals surface area contributed by atoms with E-state index in [9.17, 15) is 4.79 Å². The summed E-state index contributed by atoms with van der Waals surface area (Å²) in [6.07, 6.45) is 0. The zero-order chi connectivity index (χ0) is 13.1. The molecule has 0 amide bonds. The zero-order valence-corrected chi connectivity index (χ0v) is 11.4. The molecule has 0 aliphatic carbocycles. The lowest BCUT2D eigenvalue weighted by Crippen LogP contribution is -2.01. The summed E-state index contributed by atoms with van der Waals surface area (Å²) in [7, 11) is 1.33. The van der Waals surface area contributed by atoms with E-state index in [1.807, 2.05) is 25.1 Å². The van der Waals surface area contributed by atoms with Gasteiger partial charge in [0.1, 0.15) is 0 Å². The van der Waals surface area contributed by atoms with Crippen LogP contribution in [0.4, 0.5) is 10.8 Å². The van der Waals surface area contributed by atoms with Crippen LogP contribution >= 0.6 is 22.9 Å². The number of hydrogen-bond acceptors (Lipinski definition) is 5. The summed E-state index contributed by atoms with van der Waals surface area (Å²) < 4.78 is 4.60. The number of thiazole rings is 1. The lowest BCUT2D eigenvalue weighted by Gasteiger charge is -2.07. The lowest BCUT2D eigenvalue weighted by atomic mass is 10.2. The number of nitrogens with zero attached hydrogens (tertiary/aromatic N) is 1. The minimum atomic E-state index is -0.442. The molecule has 0 saturated carbocycles. The smallest absolute Gasteiger partial charge is 0.357 e. The molecule has 0 saturated heterocycles. The van der Waals surface area contributed by atoms with Crippen molar-refractivity contribution in [1.29, 1.82) is 0 Å². The lowest BCUT2D eigenvalue weighted by molar-refractivity contribution is 0.0595. The van der Waals surface area contributed by atoms with Crippen molar-refractivity contribution >= 4 is 39.7 Å². The molecule has 0 radical (unpaired) electrons. The van der Waals surface area contributed by atoms with Gasteiger partial charge in [0, 0.05) is 16.1 Å².